The smallest absolute Gasteiger partial charge is 0.197 e. The van der Waals surface area contributed by atoms with E-state index in [-0.39, 0.29) is 0 Å². The molecule has 3 rings (SSSR count). The van der Waals surface area contributed by atoms with Gasteiger partial charge in [0.2, 0.25) is 0 Å². The van der Waals surface area contributed by atoms with Crippen LogP contribution in [0.3, 0.4) is 0 Å². The van der Waals surface area contributed by atoms with Crippen molar-refractivity contribution in [2.24, 2.45) is 0 Å². The molecule has 0 saturated heterocycles. The average molecular weight is 277 g/mol. The molecule has 106 valence electrons. The number of aryl methyl sites for hydroxylation is 1. The molecule has 2 aromatic carbocycles. The molecule has 0 spiro atoms. The van der Waals surface area contributed by atoms with Crippen molar-refractivity contribution in [1.29, 1.82) is 0 Å². The van der Waals surface area contributed by atoms with Crippen LogP contribution in [-0.4, -0.2) is 4.57 Å². The van der Waals surface area contributed by atoms with E-state index in [1.165, 1.54) is 34.2 Å². The van der Waals surface area contributed by atoms with Crippen molar-refractivity contribution in [1.82, 2.24) is 4.57 Å². The molecule has 0 unspecified atom stereocenters. The fourth-order valence-electron chi connectivity index (χ4n) is 3.04. The van der Waals surface area contributed by atoms with Gasteiger partial charge in [-0.05, 0) is 30.7 Å². The third-order valence-electron chi connectivity index (χ3n) is 4.21. The summed E-state index contributed by atoms with van der Waals surface area (Å²) in [5, 5.41) is 0. The van der Waals surface area contributed by atoms with E-state index in [9.17, 15) is 0 Å². The van der Waals surface area contributed by atoms with Crippen LogP contribution >= 0.6 is 0 Å². The summed E-state index contributed by atoms with van der Waals surface area (Å²) in [6, 6.07) is 19.1. The van der Waals surface area contributed by atoms with E-state index in [0.29, 0.717) is 0 Å². The molecule has 2 nitrogen and oxygen atoms in total. The fraction of sp³-hybridized carbons (Fsp3) is 0.211. The molecule has 1 heterocycles. The molecule has 1 aromatic heterocycles. The summed E-state index contributed by atoms with van der Waals surface area (Å²) in [6.07, 6.45) is 0. The second kappa shape index (κ2) is 5.21. The summed E-state index contributed by atoms with van der Waals surface area (Å²) < 4.78 is 4.67. The van der Waals surface area contributed by atoms with Gasteiger partial charge in [-0.15, -0.1) is 0 Å². The van der Waals surface area contributed by atoms with Crippen molar-refractivity contribution < 1.29 is 4.57 Å². The second-order valence-corrected chi connectivity index (χ2v) is 5.51. The zero-order valence-electron chi connectivity index (χ0n) is 13.1. The first kappa shape index (κ1) is 13.6. The minimum absolute atomic E-state index is 1.21. The van der Waals surface area contributed by atoms with Crippen LogP contribution in [-0.2, 0) is 0 Å². The Morgan fingerprint density at radius 3 is 2.05 bits per heavy atom. The summed E-state index contributed by atoms with van der Waals surface area (Å²) in [5.41, 5.74) is 6.32. The van der Waals surface area contributed by atoms with E-state index >= 15 is 0 Å². The predicted octanol–water partition coefficient (Wildman–Crippen LogP) is 3.99. The van der Waals surface area contributed by atoms with Crippen molar-refractivity contribution in [3.63, 3.8) is 0 Å². The lowest BCUT2D eigenvalue weighted by Gasteiger charge is -2.04. The third-order valence-corrected chi connectivity index (χ3v) is 4.21. The Morgan fingerprint density at radius 2 is 1.38 bits per heavy atom. The van der Waals surface area contributed by atoms with Crippen LogP contribution in [0.2, 0.25) is 0 Å². The first-order valence-corrected chi connectivity index (χ1v) is 7.33. The molecule has 0 fully saturated rings. The number of hydrogen-bond acceptors (Lipinski definition) is 0. The zero-order valence-corrected chi connectivity index (χ0v) is 13.1. The molecule has 0 bridgehead atoms. The van der Waals surface area contributed by atoms with Crippen LogP contribution in [0, 0.1) is 27.7 Å². The standard InChI is InChI=1S/C19H21N2/c1-14-10-8-9-13-19(14)21-16(3)15(2)20(17(21)4)18-11-6-5-7-12-18/h5-13H,1-4H3/q+1. The molecule has 0 radical (unpaired) electrons. The quantitative estimate of drug-likeness (QED) is 0.626. The SMILES string of the molecule is Cc1ccccc1-[n+]1c(C)c(C)n(-c2ccccc2)c1C. The molecular weight excluding hydrogens is 256 g/mol. The lowest BCUT2D eigenvalue weighted by atomic mass is 10.2. The topological polar surface area (TPSA) is 8.81 Å². The number of rotatable bonds is 2. The molecule has 0 aliphatic heterocycles. The van der Waals surface area contributed by atoms with E-state index in [2.05, 4.69) is 91.4 Å². The van der Waals surface area contributed by atoms with Crippen LogP contribution in [0.5, 0.6) is 0 Å². The van der Waals surface area contributed by atoms with Crippen LogP contribution in [0.25, 0.3) is 11.4 Å². The van der Waals surface area contributed by atoms with Gasteiger partial charge in [-0.25, -0.2) is 0 Å². The number of benzene rings is 2. The Bertz CT molecular complexity index is 783. The normalized spacial score (nSPS) is 10.9. The molecule has 2 heteroatoms. The van der Waals surface area contributed by atoms with Gasteiger partial charge in [0.1, 0.15) is 22.8 Å². The maximum atomic E-state index is 2.34. The second-order valence-electron chi connectivity index (χ2n) is 5.51. The number of nitrogens with zero attached hydrogens (tertiary/aromatic N) is 2. The lowest BCUT2D eigenvalue weighted by Crippen LogP contribution is -2.36. The van der Waals surface area contributed by atoms with E-state index < -0.39 is 0 Å². The Morgan fingerprint density at radius 1 is 0.762 bits per heavy atom. The van der Waals surface area contributed by atoms with Gasteiger partial charge in [0.05, 0.1) is 0 Å². The van der Waals surface area contributed by atoms with Gasteiger partial charge >= 0.3 is 0 Å². The molecule has 3 aromatic rings. The van der Waals surface area contributed by atoms with Crippen LogP contribution < -0.4 is 4.57 Å². The van der Waals surface area contributed by atoms with E-state index in [1.807, 2.05) is 0 Å². The zero-order chi connectivity index (χ0) is 15.0. The molecule has 0 atom stereocenters. The summed E-state index contributed by atoms with van der Waals surface area (Å²) in [6.45, 7) is 8.72. The molecule has 0 saturated carbocycles. The van der Waals surface area contributed by atoms with Gasteiger partial charge in [0.15, 0.2) is 0 Å². The Labute approximate surface area is 126 Å². The highest BCUT2D eigenvalue weighted by Gasteiger charge is 2.25. The molecule has 0 aliphatic carbocycles. The van der Waals surface area contributed by atoms with Crippen LogP contribution in [0.4, 0.5) is 0 Å². The minimum atomic E-state index is 1.21. The van der Waals surface area contributed by atoms with Gasteiger partial charge in [0, 0.05) is 20.8 Å². The van der Waals surface area contributed by atoms with Crippen LogP contribution in [0.15, 0.2) is 54.6 Å². The molecule has 21 heavy (non-hydrogen) atoms. The highest BCUT2D eigenvalue weighted by molar-refractivity contribution is 5.38. The largest absolute Gasteiger partial charge is 0.264 e. The van der Waals surface area contributed by atoms with Gasteiger partial charge in [-0.1, -0.05) is 36.4 Å². The molecule has 0 amide bonds. The highest BCUT2D eigenvalue weighted by Crippen LogP contribution is 2.19. The summed E-state index contributed by atoms with van der Waals surface area (Å²) >= 11 is 0. The van der Waals surface area contributed by atoms with Crippen molar-refractivity contribution >= 4 is 0 Å². The fourth-order valence-corrected chi connectivity index (χ4v) is 3.04. The highest BCUT2D eigenvalue weighted by atomic mass is 15.2. The monoisotopic (exact) mass is 277 g/mol. The predicted molar refractivity (Wildman–Crippen MR) is 86.2 cm³/mol. The third kappa shape index (κ3) is 2.17. The van der Waals surface area contributed by atoms with Crippen molar-refractivity contribution in [3.8, 4) is 11.4 Å². The van der Waals surface area contributed by atoms with Crippen molar-refractivity contribution in [2.45, 2.75) is 27.7 Å². The summed E-state index contributed by atoms with van der Waals surface area (Å²) in [5.74, 6) is 1.23. The average Bonchev–Trinajstić information content (AvgIpc) is 2.71. The Kier molecular flexibility index (Phi) is 3.38. The number of hydrogen-bond donors (Lipinski definition) is 0. The van der Waals surface area contributed by atoms with Crippen molar-refractivity contribution in [3.05, 3.63) is 77.4 Å². The lowest BCUT2D eigenvalue weighted by molar-refractivity contribution is -0.609. The van der Waals surface area contributed by atoms with Crippen molar-refractivity contribution in [2.75, 3.05) is 0 Å². The summed E-state index contributed by atoms with van der Waals surface area (Å²) in [4.78, 5) is 0. The molecule has 0 N–H and O–H groups in total. The van der Waals surface area contributed by atoms with Crippen LogP contribution in [0.1, 0.15) is 22.8 Å². The van der Waals surface area contributed by atoms with Gasteiger partial charge in [0.25, 0.3) is 5.82 Å². The first-order valence-electron chi connectivity index (χ1n) is 7.33. The Hall–Kier alpha value is -2.35. The minimum Gasteiger partial charge on any atom is -0.197 e. The van der Waals surface area contributed by atoms with Gasteiger partial charge in [-0.2, -0.15) is 9.13 Å². The molecular formula is C19H21N2+. The van der Waals surface area contributed by atoms with Gasteiger partial charge < -0.3 is 0 Å². The van der Waals surface area contributed by atoms with E-state index in [4.69, 9.17) is 0 Å². The maximum Gasteiger partial charge on any atom is 0.264 e. The van der Waals surface area contributed by atoms with E-state index in [1.54, 1.807) is 0 Å². The Balaban J connectivity index is 2.28. The van der Waals surface area contributed by atoms with E-state index in [0.717, 1.165) is 0 Å². The number of para-hydroxylation sites is 2. The first-order chi connectivity index (χ1) is 10.1. The molecule has 0 aliphatic rings. The van der Waals surface area contributed by atoms with Gasteiger partial charge in [-0.3, -0.25) is 0 Å². The summed E-state index contributed by atoms with van der Waals surface area (Å²) in [7, 11) is 0. The number of imidazole rings is 1. The number of aromatic nitrogens is 2. The maximum absolute atomic E-state index is 2.34.